The fourth-order valence-corrected chi connectivity index (χ4v) is 4.21. The van der Waals surface area contributed by atoms with Gasteiger partial charge in [-0.1, -0.05) is 0 Å². The number of nitrogens with zero attached hydrogens (tertiary/aromatic N) is 2. The lowest BCUT2D eigenvalue weighted by Crippen LogP contribution is -2.41. The van der Waals surface area contributed by atoms with E-state index in [4.69, 9.17) is 9.90 Å². The molecule has 6 N–H and O–H groups in total. The lowest BCUT2D eigenvalue weighted by atomic mass is 9.97. The van der Waals surface area contributed by atoms with Crippen molar-refractivity contribution in [2.75, 3.05) is 32.1 Å². The maximum absolute atomic E-state index is 13.4. The van der Waals surface area contributed by atoms with Crippen molar-refractivity contribution in [1.29, 1.82) is 0 Å². The number of aliphatic carboxylic acids is 1. The SMILES string of the molecule is COC(=O)C[C@H](NC(=O)CNC(=O)c1cc(NC2=NCC(F)CN2)c2cn[nH]c2c1)c1cc(C(F)(F)F)cc(C(F)(F)F)c1.O=C(O)C(F)(F)F. The van der Waals surface area contributed by atoms with E-state index in [1.807, 2.05) is 0 Å². The van der Waals surface area contributed by atoms with Gasteiger partial charge in [-0.25, -0.2) is 14.2 Å². The zero-order valence-electron chi connectivity index (χ0n) is 25.6. The minimum absolute atomic E-state index is 0.0185. The van der Waals surface area contributed by atoms with E-state index in [-0.39, 0.29) is 30.7 Å². The van der Waals surface area contributed by atoms with Gasteiger partial charge in [-0.3, -0.25) is 19.5 Å². The largest absolute Gasteiger partial charge is 0.490 e. The summed E-state index contributed by atoms with van der Waals surface area (Å²) in [5, 5.41) is 24.5. The summed E-state index contributed by atoms with van der Waals surface area (Å²) in [6.07, 6.45) is -15.9. The molecule has 0 spiro atoms. The van der Waals surface area contributed by atoms with Gasteiger partial charge < -0.3 is 31.1 Å². The Labute approximate surface area is 278 Å². The predicted molar refractivity (Wildman–Crippen MR) is 155 cm³/mol. The van der Waals surface area contributed by atoms with Crippen molar-refractivity contribution in [3.63, 3.8) is 0 Å². The number of carbonyl (C=O) groups excluding carboxylic acids is 3. The van der Waals surface area contributed by atoms with Crippen LogP contribution < -0.4 is 21.3 Å². The molecule has 2 aromatic carbocycles. The van der Waals surface area contributed by atoms with Crippen molar-refractivity contribution in [2.24, 2.45) is 4.99 Å². The van der Waals surface area contributed by atoms with E-state index in [0.29, 0.717) is 28.7 Å². The molecule has 0 saturated heterocycles. The summed E-state index contributed by atoms with van der Waals surface area (Å²) in [4.78, 5) is 50.5. The summed E-state index contributed by atoms with van der Waals surface area (Å²) in [5.74, 6) is -5.35. The number of esters is 1. The Morgan fingerprint density at radius 2 is 1.59 bits per heavy atom. The molecule has 4 rings (SSSR count). The Hall–Kier alpha value is -5.64. The van der Waals surface area contributed by atoms with Gasteiger partial charge in [-0.15, -0.1) is 0 Å². The van der Waals surface area contributed by atoms with Gasteiger partial charge in [-0.2, -0.15) is 44.6 Å². The Bertz CT molecular complexity index is 1760. The molecular formula is C28H25F10N7O6. The number of benzene rings is 2. The number of methoxy groups -OCH3 is 1. The number of halogens is 10. The zero-order valence-corrected chi connectivity index (χ0v) is 25.6. The number of hydrogen-bond donors (Lipinski definition) is 6. The highest BCUT2D eigenvalue weighted by atomic mass is 19.4. The van der Waals surface area contributed by atoms with Gasteiger partial charge in [0.25, 0.3) is 5.91 Å². The lowest BCUT2D eigenvalue weighted by Gasteiger charge is -2.21. The van der Waals surface area contributed by atoms with Crippen LogP contribution in [0.5, 0.6) is 0 Å². The fourth-order valence-electron chi connectivity index (χ4n) is 4.21. The quantitative estimate of drug-likeness (QED) is 0.146. The van der Waals surface area contributed by atoms with Gasteiger partial charge in [-0.05, 0) is 35.9 Å². The minimum atomic E-state index is -5.16. The number of aromatic nitrogens is 2. The molecule has 1 unspecified atom stereocenters. The van der Waals surface area contributed by atoms with Crippen LogP contribution in [0.25, 0.3) is 10.9 Å². The smallest absolute Gasteiger partial charge is 0.475 e. The fraction of sp³-hybridized carbons (Fsp3) is 0.357. The number of guanidine groups is 1. The number of carboxylic acids is 1. The van der Waals surface area contributed by atoms with Gasteiger partial charge in [0.05, 0.1) is 67.7 Å². The third kappa shape index (κ3) is 11.5. The first-order valence-corrected chi connectivity index (χ1v) is 14.0. The molecule has 2 heterocycles. The van der Waals surface area contributed by atoms with Crippen molar-refractivity contribution in [2.45, 2.75) is 37.2 Å². The summed E-state index contributed by atoms with van der Waals surface area (Å²) in [7, 11) is 0.947. The van der Waals surface area contributed by atoms with Crippen molar-refractivity contribution in [1.82, 2.24) is 26.1 Å². The molecule has 0 radical (unpaired) electrons. The monoisotopic (exact) mass is 745 g/mol. The molecule has 1 aromatic heterocycles. The molecule has 278 valence electrons. The van der Waals surface area contributed by atoms with Crippen LogP contribution in [0, 0.1) is 0 Å². The number of ether oxygens (including phenoxy) is 1. The maximum atomic E-state index is 13.4. The zero-order chi connectivity index (χ0) is 38.3. The standard InChI is InChI=1S/C26H24F7N7O4.C2HF3O2/c1-44-22(42)7-18(12-2-14(25(28,29)30)6-15(3-12)26(31,32)33)38-21(41)11-34-23(43)13-4-19(17-10-37-40-20(17)5-13)39-24-35-8-16(27)9-36-24;3-2(4,5)1(6)7/h2-6,10,16,18H,7-9,11H2,1H3,(H,34,43)(H,37,40)(H,38,41)(H2,35,36,39);(H,6,7)/t18-;/m0./s1. The minimum Gasteiger partial charge on any atom is -0.475 e. The molecule has 23 heteroatoms. The van der Waals surface area contributed by atoms with Gasteiger partial charge in [0.2, 0.25) is 5.91 Å². The van der Waals surface area contributed by atoms with Crippen LogP contribution in [-0.2, 0) is 31.5 Å². The number of amides is 2. The number of H-pyrrole nitrogens is 1. The van der Waals surface area contributed by atoms with E-state index in [2.05, 4.69) is 41.2 Å². The maximum Gasteiger partial charge on any atom is 0.490 e. The highest BCUT2D eigenvalue weighted by Crippen LogP contribution is 2.38. The molecule has 0 bridgehead atoms. The molecule has 0 saturated carbocycles. The molecule has 2 amide bonds. The van der Waals surface area contributed by atoms with E-state index >= 15 is 0 Å². The average Bonchev–Trinajstić information content (AvgIpc) is 3.52. The normalized spacial score (nSPS) is 15.4. The van der Waals surface area contributed by atoms with Crippen LogP contribution in [0.15, 0.2) is 41.5 Å². The molecule has 2 atom stereocenters. The number of hydrogen-bond acceptors (Lipinski definition) is 9. The van der Waals surface area contributed by atoms with Gasteiger partial charge in [0.1, 0.15) is 6.17 Å². The summed E-state index contributed by atoms with van der Waals surface area (Å²) in [5.41, 5.74) is -3.15. The molecule has 1 aliphatic rings. The Morgan fingerprint density at radius 1 is 0.980 bits per heavy atom. The third-order valence-corrected chi connectivity index (χ3v) is 6.61. The van der Waals surface area contributed by atoms with E-state index in [1.54, 1.807) is 0 Å². The van der Waals surface area contributed by atoms with Crippen LogP contribution in [0.1, 0.15) is 39.5 Å². The van der Waals surface area contributed by atoms with Crippen LogP contribution in [0.4, 0.5) is 49.6 Å². The summed E-state index contributed by atoms with van der Waals surface area (Å²) >= 11 is 0. The topological polar surface area (TPSA) is 187 Å². The molecule has 1 aliphatic heterocycles. The first-order chi connectivity index (χ1) is 23.6. The third-order valence-electron chi connectivity index (χ3n) is 6.61. The predicted octanol–water partition coefficient (Wildman–Crippen LogP) is 4.09. The molecule has 3 aromatic rings. The summed E-state index contributed by atoms with van der Waals surface area (Å²) in [6, 6.07) is 1.83. The van der Waals surface area contributed by atoms with Crippen molar-refractivity contribution >= 4 is 46.3 Å². The molecule has 0 fully saturated rings. The van der Waals surface area contributed by atoms with E-state index in [0.717, 1.165) is 7.11 Å². The number of alkyl halides is 10. The number of carboxylic acid groups (broad SMARTS) is 1. The van der Waals surface area contributed by atoms with Crippen LogP contribution in [-0.4, -0.2) is 84.1 Å². The van der Waals surface area contributed by atoms with Crippen LogP contribution in [0.3, 0.4) is 0 Å². The number of fused-ring (bicyclic) bond motifs is 1. The number of carbonyl (C=O) groups is 4. The van der Waals surface area contributed by atoms with E-state index < -0.39 is 84.2 Å². The number of rotatable bonds is 8. The van der Waals surface area contributed by atoms with Gasteiger partial charge in [0.15, 0.2) is 5.96 Å². The Balaban J connectivity index is 0.000000908. The van der Waals surface area contributed by atoms with Crippen LogP contribution in [0.2, 0.25) is 0 Å². The Kier molecular flexibility index (Phi) is 12.4. The first-order valence-electron chi connectivity index (χ1n) is 14.0. The van der Waals surface area contributed by atoms with Crippen molar-refractivity contribution in [3.8, 4) is 0 Å². The van der Waals surface area contributed by atoms with E-state index in [9.17, 15) is 58.3 Å². The summed E-state index contributed by atoms with van der Waals surface area (Å²) in [6.45, 7) is -0.823. The Morgan fingerprint density at radius 3 is 2.10 bits per heavy atom. The molecule has 13 nitrogen and oxygen atoms in total. The van der Waals surface area contributed by atoms with Gasteiger partial charge in [0, 0.05) is 10.9 Å². The van der Waals surface area contributed by atoms with Crippen molar-refractivity contribution in [3.05, 3.63) is 58.8 Å². The highest BCUT2D eigenvalue weighted by molar-refractivity contribution is 6.07. The molecule has 51 heavy (non-hydrogen) atoms. The molecular weight excluding hydrogens is 720 g/mol. The second-order valence-corrected chi connectivity index (χ2v) is 10.4. The van der Waals surface area contributed by atoms with Crippen LogP contribution >= 0.6 is 0 Å². The second kappa shape index (κ2) is 15.9. The van der Waals surface area contributed by atoms with Gasteiger partial charge >= 0.3 is 30.5 Å². The molecule has 0 aliphatic carbocycles. The van der Waals surface area contributed by atoms with E-state index in [1.165, 1.54) is 18.3 Å². The number of aliphatic imine (C=N–C) groups is 1. The van der Waals surface area contributed by atoms with Crippen molar-refractivity contribution < 1.29 is 72.9 Å². The number of aromatic amines is 1. The highest BCUT2D eigenvalue weighted by Gasteiger charge is 2.39. The number of nitrogens with one attached hydrogen (secondary N) is 5. The summed E-state index contributed by atoms with van der Waals surface area (Å²) < 4.78 is 130. The number of anilines is 1. The average molecular weight is 746 g/mol. The lowest BCUT2D eigenvalue weighted by molar-refractivity contribution is -0.192. The first kappa shape index (κ1) is 39.8. The second-order valence-electron chi connectivity index (χ2n) is 10.4.